The van der Waals surface area contributed by atoms with Gasteiger partial charge in [-0.1, -0.05) is 12.1 Å². The summed E-state index contributed by atoms with van der Waals surface area (Å²) in [5.74, 6) is 2.44. The maximum atomic E-state index is 12.8. The third-order valence-electron chi connectivity index (χ3n) is 4.81. The predicted octanol–water partition coefficient (Wildman–Crippen LogP) is 1.77. The second-order valence-corrected chi connectivity index (χ2v) is 9.33. The lowest BCUT2D eigenvalue weighted by Gasteiger charge is -2.15. The first-order valence-corrected chi connectivity index (χ1v) is 11.5. The molecule has 174 valence electrons. The molecule has 0 fully saturated rings. The number of anilines is 1. The van der Waals surface area contributed by atoms with Gasteiger partial charge in [-0.05, 0) is 42.1 Å². The highest BCUT2D eigenvalue weighted by molar-refractivity contribution is 7.99. The Kier molecular flexibility index (Phi) is 6.47. The van der Waals surface area contributed by atoms with Gasteiger partial charge < -0.3 is 24.5 Å². The predicted molar refractivity (Wildman–Crippen MR) is 128 cm³/mol. The Hall–Kier alpha value is -3.83. The molecule has 0 saturated heterocycles. The number of nitrogens with one attached hydrogen (secondary N) is 1. The van der Waals surface area contributed by atoms with Crippen LogP contribution < -0.4 is 26.0 Å². The van der Waals surface area contributed by atoms with Gasteiger partial charge in [0.05, 0.1) is 5.56 Å². The van der Waals surface area contributed by atoms with Crippen LogP contribution >= 0.6 is 0 Å². The first-order chi connectivity index (χ1) is 15.4. The number of nitrogens with two attached hydrogens (primary N) is 2. The minimum absolute atomic E-state index is 0.0278. The molecule has 10 nitrogen and oxygen atoms in total. The Morgan fingerprint density at radius 3 is 2.55 bits per heavy atom. The van der Waals surface area contributed by atoms with Gasteiger partial charge >= 0.3 is 11.7 Å². The summed E-state index contributed by atoms with van der Waals surface area (Å²) in [5, 5.41) is 5.92. The summed E-state index contributed by atoms with van der Waals surface area (Å²) in [7, 11) is 0.0109. The molecule has 0 saturated carbocycles. The number of carbonyl (C=O) groups is 2. The van der Waals surface area contributed by atoms with Crippen LogP contribution in [0.3, 0.4) is 0 Å². The zero-order chi connectivity index (χ0) is 24.5. The van der Waals surface area contributed by atoms with Gasteiger partial charge in [-0.25, -0.2) is 18.9 Å². The van der Waals surface area contributed by atoms with Crippen LogP contribution in [0.25, 0.3) is 11.0 Å². The van der Waals surface area contributed by atoms with Crippen LogP contribution in [0, 0.1) is 6.92 Å². The van der Waals surface area contributed by atoms with Crippen molar-refractivity contribution >= 4 is 44.4 Å². The fourth-order valence-corrected chi connectivity index (χ4v) is 3.76. The zero-order valence-electron chi connectivity index (χ0n) is 18.3. The molecule has 0 spiro atoms. The number of fused-ring (bicyclic) bond motifs is 1. The maximum Gasteiger partial charge on any atom is 0.414 e. The van der Waals surface area contributed by atoms with Gasteiger partial charge in [0.15, 0.2) is 0 Å². The Balaban J connectivity index is 2.08. The van der Waals surface area contributed by atoms with E-state index >= 15 is 0 Å². The number of amides is 2. The summed E-state index contributed by atoms with van der Waals surface area (Å²) in [5.41, 5.74) is 7.16. The highest BCUT2D eigenvalue weighted by Crippen LogP contribution is 2.29. The molecular weight excluding hydrogens is 448 g/mol. The maximum absolute atomic E-state index is 12.8. The Morgan fingerprint density at radius 1 is 1.24 bits per heavy atom. The second kappa shape index (κ2) is 8.96. The van der Waals surface area contributed by atoms with Crippen LogP contribution in [0.4, 0.5) is 10.5 Å². The number of ether oxygens (including phenoxy) is 1. The quantitative estimate of drug-likeness (QED) is 0.366. The van der Waals surface area contributed by atoms with E-state index in [2.05, 4.69) is 10.6 Å². The molecule has 3 rings (SSSR count). The van der Waals surface area contributed by atoms with E-state index in [0.29, 0.717) is 22.2 Å². The average Bonchev–Trinajstić information content (AvgIpc) is 2.69. The molecule has 11 heteroatoms. The van der Waals surface area contributed by atoms with Crippen LogP contribution in [0.2, 0.25) is 0 Å². The number of primary amides is 1. The summed E-state index contributed by atoms with van der Waals surface area (Å²) in [4.78, 5) is 37.9. The topological polar surface area (TPSA) is 158 Å². The van der Waals surface area contributed by atoms with Gasteiger partial charge in [-0.2, -0.15) is 0 Å². The molecule has 2 amide bonds. The van der Waals surface area contributed by atoms with Crippen molar-refractivity contribution in [2.75, 3.05) is 18.8 Å². The Morgan fingerprint density at radius 2 is 1.94 bits per heavy atom. The lowest BCUT2D eigenvalue weighted by Crippen LogP contribution is -2.26. The minimum Gasteiger partial charge on any atom is -0.422 e. The number of hydrogen-bond donors (Lipinski definition) is 3. The normalized spacial score (nSPS) is 12.7. The summed E-state index contributed by atoms with van der Waals surface area (Å²) in [6.07, 6.45) is -0.518. The largest absolute Gasteiger partial charge is 0.422 e. The smallest absolute Gasteiger partial charge is 0.414 e. The van der Waals surface area contributed by atoms with Crippen molar-refractivity contribution in [2.24, 2.45) is 10.9 Å². The Labute approximate surface area is 190 Å². The summed E-state index contributed by atoms with van der Waals surface area (Å²) in [6.45, 7) is 1.72. The van der Waals surface area contributed by atoms with E-state index in [-0.39, 0.29) is 23.3 Å². The molecule has 0 aliphatic carbocycles. The van der Waals surface area contributed by atoms with Gasteiger partial charge in [-0.3, -0.25) is 4.79 Å². The molecule has 1 unspecified atom stereocenters. The van der Waals surface area contributed by atoms with Crippen LogP contribution in [-0.2, 0) is 16.3 Å². The summed E-state index contributed by atoms with van der Waals surface area (Å²) in [6, 6.07) is 9.60. The van der Waals surface area contributed by atoms with E-state index < -0.39 is 27.5 Å². The van der Waals surface area contributed by atoms with E-state index in [0.717, 1.165) is 5.56 Å². The van der Waals surface area contributed by atoms with E-state index in [4.69, 9.17) is 20.0 Å². The van der Waals surface area contributed by atoms with Crippen molar-refractivity contribution in [1.82, 2.24) is 4.90 Å². The fraction of sp³-hybridized carbons (Fsp3) is 0.182. The first-order valence-electron chi connectivity index (χ1n) is 9.66. The molecule has 0 aliphatic rings. The van der Waals surface area contributed by atoms with Crippen molar-refractivity contribution in [1.29, 1.82) is 0 Å². The third-order valence-corrected chi connectivity index (χ3v) is 5.40. The van der Waals surface area contributed by atoms with Gasteiger partial charge in [0.25, 0.3) is 5.91 Å². The molecule has 0 radical (unpaired) electrons. The van der Waals surface area contributed by atoms with Gasteiger partial charge in [0.2, 0.25) is 0 Å². The third kappa shape index (κ3) is 5.51. The van der Waals surface area contributed by atoms with Crippen LogP contribution in [0.15, 0.2) is 45.6 Å². The van der Waals surface area contributed by atoms with Crippen LogP contribution in [0.5, 0.6) is 5.75 Å². The molecule has 1 atom stereocenters. The average molecular weight is 473 g/mol. The molecule has 5 N–H and O–H groups in total. The number of nitrogens with zero attached hydrogens (tertiary/aromatic N) is 1. The zero-order valence-corrected chi connectivity index (χ0v) is 19.2. The summed E-state index contributed by atoms with van der Waals surface area (Å²) < 4.78 is 25.0. The van der Waals surface area contributed by atoms with Crippen molar-refractivity contribution in [3.05, 3.63) is 69.1 Å². The van der Waals surface area contributed by atoms with E-state index in [1.54, 1.807) is 31.2 Å². The second-order valence-electron chi connectivity index (χ2n) is 7.67. The highest BCUT2D eigenvalue weighted by Gasteiger charge is 2.20. The fourth-order valence-electron chi connectivity index (χ4n) is 3.23. The van der Waals surface area contributed by atoms with E-state index in [1.165, 1.54) is 31.1 Å². The first kappa shape index (κ1) is 23.8. The SMILES string of the molecule is C=S(N)(=O)Nc1cccc(Cc2c(C)c3cc(C(N)=O)c(OC(=O)N(C)C)cc3oc2=O)c1. The molecule has 33 heavy (non-hydrogen) atoms. The number of carbonyl (C=O) groups excluding carboxylic acids is 2. The lowest BCUT2D eigenvalue weighted by molar-refractivity contribution is 0.0997. The molecule has 3 aromatic rings. The number of rotatable bonds is 6. The standard InChI is InChI=1S/C22H24N4O6S/c1-12-15-10-17(20(23)27)19(32-22(29)26(2)3)11-18(15)31-21(28)16(12)9-13-6-5-7-14(8-13)25-33(4,24)30/h5-8,10-11H,4,9H2,1-3H3,(H2,23,27)(H3,24,25,30). The van der Waals surface area contributed by atoms with Crippen molar-refractivity contribution in [2.45, 2.75) is 13.3 Å². The molecule has 2 aromatic carbocycles. The van der Waals surface area contributed by atoms with Crippen molar-refractivity contribution in [3.63, 3.8) is 0 Å². The number of aryl methyl sites for hydroxylation is 1. The van der Waals surface area contributed by atoms with E-state index in [1.807, 2.05) is 0 Å². The molecule has 1 aromatic heterocycles. The molecule has 0 aliphatic heterocycles. The lowest BCUT2D eigenvalue weighted by atomic mass is 9.98. The van der Waals surface area contributed by atoms with Crippen LogP contribution in [-0.4, -0.2) is 41.1 Å². The highest BCUT2D eigenvalue weighted by atomic mass is 32.2. The molecule has 1 heterocycles. The van der Waals surface area contributed by atoms with E-state index in [9.17, 15) is 18.6 Å². The number of benzene rings is 2. The molecular formula is C22H24N4O6S. The van der Waals surface area contributed by atoms with Gasteiger partial charge in [-0.15, -0.1) is 0 Å². The minimum atomic E-state index is -2.96. The monoisotopic (exact) mass is 472 g/mol. The van der Waals surface area contributed by atoms with Crippen LogP contribution in [0.1, 0.15) is 27.0 Å². The number of hydrogen-bond acceptors (Lipinski definition) is 6. The van der Waals surface area contributed by atoms with Gasteiger partial charge in [0.1, 0.15) is 21.2 Å². The van der Waals surface area contributed by atoms with Gasteiger partial charge in [0, 0.05) is 43.2 Å². The van der Waals surface area contributed by atoms with Crippen molar-refractivity contribution in [3.8, 4) is 5.75 Å². The Bertz CT molecular complexity index is 1430. The van der Waals surface area contributed by atoms with Crippen molar-refractivity contribution < 1.29 is 23.0 Å². The summed E-state index contributed by atoms with van der Waals surface area (Å²) >= 11 is 0. The molecule has 0 bridgehead atoms.